The number of amides is 1. The van der Waals surface area contributed by atoms with Crippen LogP contribution in [0.25, 0.3) is 0 Å². The van der Waals surface area contributed by atoms with E-state index in [2.05, 4.69) is 21.8 Å². The molecule has 1 unspecified atom stereocenters. The lowest BCUT2D eigenvalue weighted by molar-refractivity contribution is 0.0775. The van der Waals surface area contributed by atoms with Gasteiger partial charge in [-0.3, -0.25) is 0 Å². The average Bonchev–Trinajstić information content (AvgIpc) is 2.92. The first kappa shape index (κ1) is 24.1. The largest absolute Gasteiger partial charge is 0.453 e. The molecular formula is C27H28FN5O2. The summed E-state index contributed by atoms with van der Waals surface area (Å²) in [5, 5.41) is 5.84. The number of likely N-dealkylation sites (tertiary alicyclic amines) is 1. The highest BCUT2D eigenvalue weighted by atomic mass is 19.1. The first-order valence-electron chi connectivity index (χ1n) is 11.5. The molecule has 7 nitrogen and oxygen atoms in total. The van der Waals surface area contributed by atoms with Crippen LogP contribution in [0, 0.1) is 11.7 Å². The minimum absolute atomic E-state index is 0.0659. The number of aromatic nitrogens is 2. The number of methoxy groups -OCH3 is 1. The molecule has 2 atom stereocenters. The first-order valence-corrected chi connectivity index (χ1v) is 11.5. The normalized spacial score (nSPS) is 18.1. The van der Waals surface area contributed by atoms with Crippen LogP contribution in [0.5, 0.6) is 0 Å². The van der Waals surface area contributed by atoms with Gasteiger partial charge in [-0.15, -0.1) is 0 Å². The summed E-state index contributed by atoms with van der Waals surface area (Å²) in [6.45, 7) is 4.18. The van der Waals surface area contributed by atoms with Crippen LogP contribution >= 0.6 is 0 Å². The smallest absolute Gasteiger partial charge is 0.410 e. The number of rotatable bonds is 7. The third-order valence-corrected chi connectivity index (χ3v) is 6.18. The monoisotopic (exact) mass is 473 g/mol. The molecule has 2 aromatic carbocycles. The summed E-state index contributed by atoms with van der Waals surface area (Å²) in [6, 6.07) is 18.0. The number of ether oxygens (including phenoxy) is 1. The van der Waals surface area contributed by atoms with Crippen molar-refractivity contribution < 1.29 is 13.9 Å². The van der Waals surface area contributed by atoms with Gasteiger partial charge >= 0.3 is 6.09 Å². The van der Waals surface area contributed by atoms with Crippen LogP contribution in [0.3, 0.4) is 0 Å². The molecule has 0 N–H and O–H groups in total. The number of benzene rings is 2. The molecule has 1 aliphatic rings. The van der Waals surface area contributed by atoms with Crippen molar-refractivity contribution in [1.82, 2.24) is 14.9 Å². The molecule has 180 valence electrons. The number of halogens is 1. The Hall–Kier alpha value is -4.07. The van der Waals surface area contributed by atoms with E-state index < -0.39 is 0 Å². The van der Waals surface area contributed by atoms with Crippen LogP contribution < -0.4 is 5.01 Å². The highest BCUT2D eigenvalue weighted by molar-refractivity contribution is 5.68. The fraction of sp³-hybridized carbons (Fsp3) is 0.259. The highest BCUT2D eigenvalue weighted by Crippen LogP contribution is 2.38. The van der Waals surface area contributed by atoms with Crippen LogP contribution in [-0.2, 0) is 11.2 Å². The molecule has 8 heteroatoms. The van der Waals surface area contributed by atoms with Crippen LogP contribution in [0.4, 0.5) is 15.1 Å². The molecule has 4 rings (SSSR count). The minimum atomic E-state index is -0.379. The zero-order valence-corrected chi connectivity index (χ0v) is 19.6. The number of hydrogen-bond acceptors (Lipinski definition) is 6. The fourth-order valence-electron chi connectivity index (χ4n) is 4.48. The fourth-order valence-corrected chi connectivity index (χ4v) is 4.48. The molecule has 1 saturated heterocycles. The Morgan fingerprint density at radius 3 is 2.51 bits per heavy atom. The Kier molecular flexibility index (Phi) is 7.82. The topological polar surface area (TPSA) is 70.9 Å². The van der Waals surface area contributed by atoms with Crippen LogP contribution in [0.15, 0.2) is 89.9 Å². The summed E-state index contributed by atoms with van der Waals surface area (Å²) in [6.07, 6.45) is 7.04. The van der Waals surface area contributed by atoms with Gasteiger partial charge < -0.3 is 9.64 Å². The molecular weight excluding hydrogens is 445 g/mol. The number of hydrogen-bond donors (Lipinski definition) is 0. The van der Waals surface area contributed by atoms with E-state index in [-0.39, 0.29) is 23.9 Å². The van der Waals surface area contributed by atoms with Gasteiger partial charge in [0.25, 0.3) is 5.95 Å². The standard InChI is InChI=1S/C27H28FN5O2/c1-29-33(26-30-17-6-18-31-26)25(15-11-20-9-13-23(28)14-10-20)22-12-16-24(21-7-4-3-5-8-21)32(19-22)27(34)35-2/h3-10,13-15,17-18,22,24H,1,11-12,16,19H2,2H3/b25-15-/t22?,24-/m0/s1. The van der Waals surface area contributed by atoms with E-state index in [1.807, 2.05) is 36.4 Å². The van der Waals surface area contributed by atoms with Gasteiger partial charge in [0.15, 0.2) is 0 Å². The molecule has 35 heavy (non-hydrogen) atoms. The molecule has 0 bridgehead atoms. The second-order valence-electron chi connectivity index (χ2n) is 8.28. The van der Waals surface area contributed by atoms with Crippen molar-refractivity contribution in [3.8, 4) is 0 Å². The number of allylic oxidation sites excluding steroid dienone is 1. The Labute approximate surface area is 204 Å². The number of hydrazone groups is 1. The number of piperidine rings is 1. The summed E-state index contributed by atoms with van der Waals surface area (Å²) < 4.78 is 18.5. The summed E-state index contributed by atoms with van der Waals surface area (Å²) >= 11 is 0. The number of carbonyl (C=O) groups is 1. The maximum absolute atomic E-state index is 13.4. The molecule has 1 aliphatic heterocycles. The molecule has 0 saturated carbocycles. The Balaban J connectivity index is 1.67. The maximum Gasteiger partial charge on any atom is 0.410 e. The summed E-state index contributed by atoms with van der Waals surface area (Å²) in [5.41, 5.74) is 2.85. The molecule has 1 aromatic heterocycles. The molecule has 1 fully saturated rings. The lowest BCUT2D eigenvalue weighted by atomic mass is 9.86. The van der Waals surface area contributed by atoms with Crippen molar-refractivity contribution in [3.05, 3.63) is 102 Å². The number of carbonyl (C=O) groups excluding carboxylic acids is 1. The van der Waals surface area contributed by atoms with E-state index in [1.54, 1.807) is 40.5 Å². The second kappa shape index (κ2) is 11.4. The molecule has 0 radical (unpaired) electrons. The SMILES string of the molecule is C=NN(/C(=C\Cc1ccc(F)cc1)C1CC[C@@H](c2ccccc2)N(C(=O)OC)C1)c1ncccn1. The van der Waals surface area contributed by atoms with Crippen LogP contribution in [0.2, 0.25) is 0 Å². The summed E-state index contributed by atoms with van der Waals surface area (Å²) in [4.78, 5) is 23.3. The number of anilines is 1. The Morgan fingerprint density at radius 1 is 1.14 bits per heavy atom. The first-order chi connectivity index (χ1) is 17.1. The van der Waals surface area contributed by atoms with Crippen molar-refractivity contribution in [1.29, 1.82) is 0 Å². The molecule has 3 aromatic rings. The average molecular weight is 474 g/mol. The lowest BCUT2D eigenvalue weighted by Crippen LogP contribution is -2.44. The quantitative estimate of drug-likeness (QED) is 0.340. The Morgan fingerprint density at radius 2 is 1.86 bits per heavy atom. The van der Waals surface area contributed by atoms with Gasteiger partial charge in [-0.05, 0) is 48.6 Å². The van der Waals surface area contributed by atoms with Crippen molar-refractivity contribution in [2.24, 2.45) is 11.0 Å². The third kappa shape index (κ3) is 5.71. The molecule has 0 spiro atoms. The summed E-state index contributed by atoms with van der Waals surface area (Å²) in [5.74, 6) is 0.0458. The van der Waals surface area contributed by atoms with E-state index >= 15 is 0 Å². The van der Waals surface area contributed by atoms with E-state index in [1.165, 1.54) is 19.2 Å². The van der Waals surface area contributed by atoms with E-state index in [4.69, 9.17) is 4.74 Å². The van der Waals surface area contributed by atoms with Crippen LogP contribution in [0.1, 0.15) is 30.0 Å². The number of nitrogens with zero attached hydrogens (tertiary/aromatic N) is 5. The van der Waals surface area contributed by atoms with Crippen molar-refractivity contribution in [2.75, 3.05) is 18.7 Å². The van der Waals surface area contributed by atoms with Gasteiger partial charge in [0, 0.05) is 37.3 Å². The van der Waals surface area contributed by atoms with E-state index in [0.717, 1.165) is 29.7 Å². The van der Waals surface area contributed by atoms with Gasteiger partial charge in [-0.25, -0.2) is 24.2 Å². The summed E-state index contributed by atoms with van der Waals surface area (Å²) in [7, 11) is 1.40. The second-order valence-corrected chi connectivity index (χ2v) is 8.28. The van der Waals surface area contributed by atoms with Gasteiger partial charge in [0.2, 0.25) is 0 Å². The molecule has 1 amide bonds. The van der Waals surface area contributed by atoms with E-state index in [0.29, 0.717) is 18.9 Å². The minimum Gasteiger partial charge on any atom is -0.453 e. The maximum atomic E-state index is 13.4. The molecule has 2 heterocycles. The lowest BCUT2D eigenvalue weighted by Gasteiger charge is -2.40. The Bertz CT molecular complexity index is 1160. The third-order valence-electron chi connectivity index (χ3n) is 6.18. The van der Waals surface area contributed by atoms with Crippen LogP contribution in [-0.4, -0.2) is 41.3 Å². The highest BCUT2D eigenvalue weighted by Gasteiger charge is 2.36. The zero-order valence-electron chi connectivity index (χ0n) is 19.6. The van der Waals surface area contributed by atoms with Crippen molar-refractivity contribution in [2.45, 2.75) is 25.3 Å². The van der Waals surface area contributed by atoms with E-state index in [9.17, 15) is 9.18 Å². The van der Waals surface area contributed by atoms with Crippen molar-refractivity contribution >= 4 is 18.8 Å². The zero-order chi connectivity index (χ0) is 24.6. The predicted octanol–water partition coefficient (Wildman–Crippen LogP) is 5.38. The van der Waals surface area contributed by atoms with Gasteiger partial charge in [-0.2, -0.15) is 5.10 Å². The van der Waals surface area contributed by atoms with Crippen molar-refractivity contribution in [3.63, 3.8) is 0 Å². The van der Waals surface area contributed by atoms with Gasteiger partial charge in [-0.1, -0.05) is 48.5 Å². The molecule has 0 aliphatic carbocycles. The van der Waals surface area contributed by atoms with Gasteiger partial charge in [0.1, 0.15) is 5.82 Å². The van der Waals surface area contributed by atoms with Gasteiger partial charge in [0.05, 0.1) is 13.2 Å². The predicted molar refractivity (Wildman–Crippen MR) is 133 cm³/mol.